The quantitative estimate of drug-likeness (QED) is 0.655. The summed E-state index contributed by atoms with van der Waals surface area (Å²) in [5.41, 5.74) is 5.74. The summed E-state index contributed by atoms with van der Waals surface area (Å²) < 4.78 is 10.2. The number of pyridine rings is 1. The van der Waals surface area contributed by atoms with E-state index in [0.29, 0.717) is 18.0 Å². The summed E-state index contributed by atoms with van der Waals surface area (Å²) in [7, 11) is 3.21. The number of nitriles is 1. The summed E-state index contributed by atoms with van der Waals surface area (Å²) in [5.74, 6) is 1.20. The second-order valence-corrected chi connectivity index (χ2v) is 4.83. The van der Waals surface area contributed by atoms with Crippen molar-refractivity contribution in [3.05, 3.63) is 52.7 Å². The van der Waals surface area contributed by atoms with E-state index in [0.717, 1.165) is 22.6 Å². The number of aromatic nitrogens is 1. The van der Waals surface area contributed by atoms with Gasteiger partial charge in [0.1, 0.15) is 17.4 Å². The third kappa shape index (κ3) is 4.28. The minimum Gasteiger partial charge on any atom is -0.497 e. The minimum atomic E-state index is 0.350. The molecular formula is C17H18N4O2. The molecule has 0 fully saturated rings. The van der Waals surface area contributed by atoms with E-state index >= 15 is 0 Å². The van der Waals surface area contributed by atoms with E-state index in [-0.39, 0.29) is 0 Å². The highest BCUT2D eigenvalue weighted by Crippen LogP contribution is 2.19. The van der Waals surface area contributed by atoms with Crippen LogP contribution in [-0.2, 0) is 11.3 Å². The average molecular weight is 310 g/mol. The number of ether oxygens (including phenoxy) is 2. The lowest BCUT2D eigenvalue weighted by Gasteiger charge is -2.09. The summed E-state index contributed by atoms with van der Waals surface area (Å²) in [6.07, 6.45) is 1.65. The van der Waals surface area contributed by atoms with Crippen molar-refractivity contribution < 1.29 is 9.47 Å². The van der Waals surface area contributed by atoms with Gasteiger partial charge in [0.05, 0.1) is 19.9 Å². The maximum Gasteiger partial charge on any atom is 0.164 e. The molecular weight excluding hydrogens is 292 g/mol. The molecule has 118 valence electrons. The zero-order valence-corrected chi connectivity index (χ0v) is 13.3. The standard InChI is InChI=1S/C17H18N4O2/c1-12-8-14(11-22-2)16(9-18)17(20-12)21-19-10-13-4-6-15(23-3)7-5-13/h4-8,10H,11H2,1-3H3,(H,20,21)/b19-10+. The first kappa shape index (κ1) is 16.5. The third-order valence-electron chi connectivity index (χ3n) is 3.14. The van der Waals surface area contributed by atoms with E-state index in [1.807, 2.05) is 37.3 Å². The molecule has 0 amide bonds. The van der Waals surface area contributed by atoms with Gasteiger partial charge in [-0.05, 0) is 42.8 Å². The lowest BCUT2D eigenvalue weighted by atomic mass is 10.1. The van der Waals surface area contributed by atoms with Crippen LogP contribution in [0.15, 0.2) is 35.4 Å². The lowest BCUT2D eigenvalue weighted by Crippen LogP contribution is -2.03. The Kier molecular flexibility index (Phi) is 5.67. The Balaban J connectivity index is 2.18. The molecule has 0 aliphatic heterocycles. The van der Waals surface area contributed by atoms with Crippen LogP contribution < -0.4 is 10.2 Å². The zero-order chi connectivity index (χ0) is 16.7. The Bertz CT molecular complexity index is 733. The molecule has 0 radical (unpaired) electrons. The molecule has 23 heavy (non-hydrogen) atoms. The van der Waals surface area contributed by atoms with Crippen molar-refractivity contribution in [1.29, 1.82) is 5.26 Å². The number of hydrazone groups is 1. The van der Waals surface area contributed by atoms with E-state index in [1.165, 1.54) is 0 Å². The maximum absolute atomic E-state index is 9.34. The number of nitrogens with one attached hydrogen (secondary N) is 1. The Morgan fingerprint density at radius 2 is 2.04 bits per heavy atom. The van der Waals surface area contributed by atoms with Crippen molar-refractivity contribution >= 4 is 12.0 Å². The molecule has 1 aromatic heterocycles. The predicted molar refractivity (Wildman–Crippen MR) is 88.6 cm³/mol. The molecule has 0 bridgehead atoms. The van der Waals surface area contributed by atoms with E-state index in [2.05, 4.69) is 21.6 Å². The third-order valence-corrected chi connectivity index (χ3v) is 3.14. The van der Waals surface area contributed by atoms with Crippen LogP contribution in [0.3, 0.4) is 0 Å². The molecule has 0 aliphatic carbocycles. The number of rotatable bonds is 6. The van der Waals surface area contributed by atoms with Crippen molar-refractivity contribution in [2.45, 2.75) is 13.5 Å². The van der Waals surface area contributed by atoms with Gasteiger partial charge in [-0.15, -0.1) is 0 Å². The average Bonchev–Trinajstić information content (AvgIpc) is 2.55. The summed E-state index contributed by atoms with van der Waals surface area (Å²) in [6, 6.07) is 11.4. The van der Waals surface area contributed by atoms with E-state index in [4.69, 9.17) is 9.47 Å². The zero-order valence-electron chi connectivity index (χ0n) is 13.3. The van der Waals surface area contributed by atoms with Crippen LogP contribution in [0.2, 0.25) is 0 Å². The van der Waals surface area contributed by atoms with Gasteiger partial charge in [-0.3, -0.25) is 5.43 Å². The van der Waals surface area contributed by atoms with Gasteiger partial charge in [0.15, 0.2) is 5.82 Å². The van der Waals surface area contributed by atoms with Crippen LogP contribution in [0.25, 0.3) is 0 Å². The molecule has 6 nitrogen and oxygen atoms in total. The Morgan fingerprint density at radius 1 is 1.30 bits per heavy atom. The van der Waals surface area contributed by atoms with E-state index < -0.39 is 0 Å². The van der Waals surface area contributed by atoms with Crippen molar-refractivity contribution in [1.82, 2.24) is 4.98 Å². The Morgan fingerprint density at radius 3 is 2.65 bits per heavy atom. The van der Waals surface area contributed by atoms with Crippen LogP contribution in [0, 0.1) is 18.3 Å². The molecule has 0 atom stereocenters. The van der Waals surface area contributed by atoms with Crippen molar-refractivity contribution in [2.75, 3.05) is 19.6 Å². The summed E-state index contributed by atoms with van der Waals surface area (Å²) in [5, 5.41) is 13.5. The number of methoxy groups -OCH3 is 2. The largest absolute Gasteiger partial charge is 0.497 e. The molecule has 2 rings (SSSR count). The minimum absolute atomic E-state index is 0.350. The summed E-state index contributed by atoms with van der Waals surface area (Å²) in [6.45, 7) is 2.21. The highest BCUT2D eigenvalue weighted by Gasteiger charge is 2.10. The van der Waals surface area contributed by atoms with Gasteiger partial charge in [0.25, 0.3) is 0 Å². The molecule has 1 aromatic carbocycles. The smallest absolute Gasteiger partial charge is 0.164 e. The lowest BCUT2D eigenvalue weighted by molar-refractivity contribution is 0.184. The van der Waals surface area contributed by atoms with Gasteiger partial charge in [-0.25, -0.2) is 4.98 Å². The van der Waals surface area contributed by atoms with Gasteiger partial charge < -0.3 is 9.47 Å². The number of benzene rings is 1. The molecule has 0 spiro atoms. The van der Waals surface area contributed by atoms with Crippen LogP contribution in [0.5, 0.6) is 5.75 Å². The van der Waals surface area contributed by atoms with Crippen molar-refractivity contribution in [3.63, 3.8) is 0 Å². The fourth-order valence-electron chi connectivity index (χ4n) is 2.07. The number of aryl methyl sites for hydroxylation is 1. The molecule has 0 aliphatic rings. The number of anilines is 1. The number of hydrogen-bond donors (Lipinski definition) is 1. The van der Waals surface area contributed by atoms with E-state index in [9.17, 15) is 5.26 Å². The van der Waals surface area contributed by atoms with Gasteiger partial charge in [-0.1, -0.05) is 0 Å². The van der Waals surface area contributed by atoms with Gasteiger partial charge in [0.2, 0.25) is 0 Å². The predicted octanol–water partition coefficient (Wildman–Crippen LogP) is 2.86. The van der Waals surface area contributed by atoms with Crippen LogP contribution in [-0.4, -0.2) is 25.4 Å². The molecule has 6 heteroatoms. The highest BCUT2D eigenvalue weighted by atomic mass is 16.5. The van der Waals surface area contributed by atoms with Crippen LogP contribution in [0.1, 0.15) is 22.4 Å². The fourth-order valence-corrected chi connectivity index (χ4v) is 2.07. The first-order valence-electron chi connectivity index (χ1n) is 7.00. The van der Waals surface area contributed by atoms with Crippen LogP contribution >= 0.6 is 0 Å². The topological polar surface area (TPSA) is 79.5 Å². The molecule has 2 aromatic rings. The molecule has 0 saturated carbocycles. The Hall–Kier alpha value is -2.91. The number of hydrogen-bond acceptors (Lipinski definition) is 6. The highest BCUT2D eigenvalue weighted by molar-refractivity contribution is 5.80. The molecule has 1 N–H and O–H groups in total. The first-order chi connectivity index (χ1) is 11.2. The maximum atomic E-state index is 9.34. The Labute approximate surface area is 135 Å². The normalized spacial score (nSPS) is 10.5. The van der Waals surface area contributed by atoms with Crippen molar-refractivity contribution in [3.8, 4) is 11.8 Å². The first-order valence-corrected chi connectivity index (χ1v) is 7.00. The van der Waals surface area contributed by atoms with Crippen molar-refractivity contribution in [2.24, 2.45) is 5.10 Å². The van der Waals surface area contributed by atoms with E-state index in [1.54, 1.807) is 20.4 Å². The summed E-state index contributed by atoms with van der Waals surface area (Å²) in [4.78, 5) is 4.32. The molecule has 1 heterocycles. The van der Waals surface area contributed by atoms with Gasteiger partial charge in [0, 0.05) is 18.4 Å². The second-order valence-electron chi connectivity index (χ2n) is 4.83. The molecule has 0 saturated heterocycles. The fraction of sp³-hybridized carbons (Fsp3) is 0.235. The second kappa shape index (κ2) is 7.92. The molecule has 0 unspecified atom stereocenters. The number of nitrogens with zero attached hydrogens (tertiary/aromatic N) is 3. The SMILES string of the molecule is COCc1cc(C)nc(N/N=C/c2ccc(OC)cc2)c1C#N. The summed E-state index contributed by atoms with van der Waals surface area (Å²) >= 11 is 0. The van der Waals surface area contributed by atoms with Crippen LogP contribution in [0.4, 0.5) is 5.82 Å². The van der Waals surface area contributed by atoms with Gasteiger partial charge in [-0.2, -0.15) is 10.4 Å². The monoisotopic (exact) mass is 310 g/mol. The van der Waals surface area contributed by atoms with Gasteiger partial charge >= 0.3 is 0 Å².